The van der Waals surface area contributed by atoms with Crippen LogP contribution >= 0.6 is 11.6 Å². The van der Waals surface area contributed by atoms with E-state index in [-0.39, 0.29) is 12.1 Å². The molecule has 0 radical (unpaired) electrons. The minimum atomic E-state index is -0.176. The maximum Gasteiger partial charge on any atom is 0.315 e. The minimum absolute atomic E-state index is 0.0924. The predicted molar refractivity (Wildman–Crippen MR) is 62.1 cm³/mol. The van der Waals surface area contributed by atoms with Crippen molar-refractivity contribution in [2.45, 2.75) is 19.9 Å². The van der Waals surface area contributed by atoms with E-state index in [4.69, 9.17) is 11.6 Å². The van der Waals surface area contributed by atoms with Gasteiger partial charge in [-0.1, -0.05) is 29.8 Å². The molecular weight excluding hydrogens is 212 g/mol. The molecule has 0 saturated carbocycles. The van der Waals surface area contributed by atoms with Crippen molar-refractivity contribution in [2.24, 2.45) is 0 Å². The molecule has 2 amide bonds. The van der Waals surface area contributed by atoms with Crippen molar-refractivity contribution in [1.29, 1.82) is 0 Å². The van der Waals surface area contributed by atoms with Gasteiger partial charge in [0.2, 0.25) is 0 Å². The number of amides is 2. The van der Waals surface area contributed by atoms with Crippen LogP contribution in [0.5, 0.6) is 0 Å². The van der Waals surface area contributed by atoms with Gasteiger partial charge in [0.1, 0.15) is 0 Å². The number of hydrogen-bond acceptors (Lipinski definition) is 1. The summed E-state index contributed by atoms with van der Waals surface area (Å²) < 4.78 is 0. The zero-order valence-electron chi connectivity index (χ0n) is 8.88. The fourth-order valence-corrected chi connectivity index (χ4v) is 1.61. The molecule has 0 aliphatic carbocycles. The first-order valence-corrected chi connectivity index (χ1v) is 5.31. The first-order valence-electron chi connectivity index (χ1n) is 4.94. The van der Waals surface area contributed by atoms with Crippen LogP contribution in [0.4, 0.5) is 4.79 Å². The molecule has 0 saturated heterocycles. The third-order valence-corrected chi connectivity index (χ3v) is 2.40. The Morgan fingerprint density at radius 2 is 2.13 bits per heavy atom. The monoisotopic (exact) mass is 226 g/mol. The molecule has 2 N–H and O–H groups in total. The Morgan fingerprint density at radius 3 is 2.73 bits per heavy atom. The lowest BCUT2D eigenvalue weighted by molar-refractivity contribution is 0.238. The molecule has 82 valence electrons. The van der Waals surface area contributed by atoms with Crippen molar-refractivity contribution in [3.63, 3.8) is 0 Å². The highest BCUT2D eigenvalue weighted by atomic mass is 35.5. The van der Waals surface area contributed by atoms with Gasteiger partial charge in [-0.25, -0.2) is 4.79 Å². The Balaban J connectivity index is 2.65. The van der Waals surface area contributed by atoms with E-state index in [0.29, 0.717) is 11.6 Å². The Kier molecular flexibility index (Phi) is 4.43. The molecule has 0 bridgehead atoms. The lowest BCUT2D eigenvalue weighted by atomic mass is 10.1. The molecule has 4 heteroatoms. The van der Waals surface area contributed by atoms with Crippen molar-refractivity contribution < 1.29 is 4.79 Å². The van der Waals surface area contributed by atoms with Crippen molar-refractivity contribution >= 4 is 17.6 Å². The van der Waals surface area contributed by atoms with Crippen LogP contribution in [-0.2, 0) is 0 Å². The number of hydrogen-bond donors (Lipinski definition) is 2. The van der Waals surface area contributed by atoms with E-state index >= 15 is 0 Å². The molecule has 1 atom stereocenters. The molecule has 0 spiro atoms. The molecule has 1 aromatic carbocycles. The van der Waals surface area contributed by atoms with Crippen molar-refractivity contribution in [2.75, 3.05) is 6.54 Å². The standard InChI is InChI=1S/C11H15ClN2O/c1-3-13-11(15)14-8(2)9-6-4-5-7-10(9)12/h4-8H,3H2,1-2H3,(H2,13,14,15). The van der Waals surface area contributed by atoms with Gasteiger partial charge in [0.15, 0.2) is 0 Å². The summed E-state index contributed by atoms with van der Waals surface area (Å²) in [5, 5.41) is 6.14. The third-order valence-electron chi connectivity index (χ3n) is 2.06. The number of carbonyl (C=O) groups excluding carboxylic acids is 1. The van der Waals surface area contributed by atoms with E-state index in [0.717, 1.165) is 5.56 Å². The van der Waals surface area contributed by atoms with Gasteiger partial charge in [0, 0.05) is 11.6 Å². The van der Waals surface area contributed by atoms with E-state index in [2.05, 4.69) is 10.6 Å². The summed E-state index contributed by atoms with van der Waals surface area (Å²) in [6, 6.07) is 7.21. The molecule has 0 aliphatic heterocycles. The van der Waals surface area contributed by atoms with Crippen LogP contribution < -0.4 is 10.6 Å². The second kappa shape index (κ2) is 5.61. The molecule has 0 aliphatic rings. The molecule has 1 rings (SSSR count). The average Bonchev–Trinajstić information content (AvgIpc) is 2.18. The molecule has 15 heavy (non-hydrogen) atoms. The Labute approximate surface area is 94.8 Å². The number of benzene rings is 1. The quantitative estimate of drug-likeness (QED) is 0.818. The van der Waals surface area contributed by atoms with E-state index in [9.17, 15) is 4.79 Å². The molecule has 0 aromatic heterocycles. The van der Waals surface area contributed by atoms with E-state index < -0.39 is 0 Å². The van der Waals surface area contributed by atoms with Gasteiger partial charge in [-0.05, 0) is 25.5 Å². The van der Waals surface area contributed by atoms with Gasteiger partial charge in [0.05, 0.1) is 6.04 Å². The summed E-state index contributed by atoms with van der Waals surface area (Å²) in [4.78, 5) is 11.3. The van der Waals surface area contributed by atoms with E-state index in [1.54, 1.807) is 0 Å². The van der Waals surface area contributed by atoms with Crippen molar-refractivity contribution in [3.05, 3.63) is 34.9 Å². The summed E-state index contributed by atoms with van der Waals surface area (Å²) in [5.41, 5.74) is 0.922. The number of carbonyl (C=O) groups is 1. The number of halogens is 1. The third kappa shape index (κ3) is 3.44. The molecule has 3 nitrogen and oxygen atoms in total. The van der Waals surface area contributed by atoms with Crippen molar-refractivity contribution in [3.8, 4) is 0 Å². The van der Waals surface area contributed by atoms with Gasteiger partial charge < -0.3 is 10.6 Å². The summed E-state index contributed by atoms with van der Waals surface area (Å²) in [7, 11) is 0. The van der Waals surface area contributed by atoms with Crippen LogP contribution in [0, 0.1) is 0 Å². The average molecular weight is 227 g/mol. The predicted octanol–water partition coefficient (Wildman–Crippen LogP) is 2.72. The fourth-order valence-electron chi connectivity index (χ4n) is 1.31. The highest BCUT2D eigenvalue weighted by Crippen LogP contribution is 2.21. The van der Waals surface area contributed by atoms with Gasteiger partial charge in [-0.3, -0.25) is 0 Å². The molecule has 1 unspecified atom stereocenters. The number of nitrogens with one attached hydrogen (secondary N) is 2. The zero-order valence-corrected chi connectivity index (χ0v) is 9.64. The first-order chi connectivity index (χ1) is 7.15. The van der Waals surface area contributed by atoms with E-state index in [1.807, 2.05) is 38.1 Å². The van der Waals surface area contributed by atoms with Crippen LogP contribution in [0.1, 0.15) is 25.5 Å². The highest BCUT2D eigenvalue weighted by molar-refractivity contribution is 6.31. The Hall–Kier alpha value is -1.22. The van der Waals surface area contributed by atoms with Crippen LogP contribution in [0.3, 0.4) is 0 Å². The zero-order chi connectivity index (χ0) is 11.3. The van der Waals surface area contributed by atoms with E-state index in [1.165, 1.54) is 0 Å². The number of urea groups is 1. The first kappa shape index (κ1) is 11.9. The largest absolute Gasteiger partial charge is 0.338 e. The lowest BCUT2D eigenvalue weighted by Crippen LogP contribution is -2.36. The lowest BCUT2D eigenvalue weighted by Gasteiger charge is -2.15. The highest BCUT2D eigenvalue weighted by Gasteiger charge is 2.10. The summed E-state index contributed by atoms with van der Waals surface area (Å²) in [6.07, 6.45) is 0. The Morgan fingerprint density at radius 1 is 1.47 bits per heavy atom. The van der Waals surface area contributed by atoms with Crippen molar-refractivity contribution in [1.82, 2.24) is 10.6 Å². The molecular formula is C11H15ClN2O. The van der Waals surface area contributed by atoms with Crippen LogP contribution in [0.15, 0.2) is 24.3 Å². The van der Waals surface area contributed by atoms with Crippen LogP contribution in [0.2, 0.25) is 5.02 Å². The minimum Gasteiger partial charge on any atom is -0.338 e. The maximum atomic E-state index is 11.3. The van der Waals surface area contributed by atoms with Gasteiger partial charge in [0.25, 0.3) is 0 Å². The van der Waals surface area contributed by atoms with Crippen LogP contribution in [0.25, 0.3) is 0 Å². The summed E-state index contributed by atoms with van der Waals surface area (Å²) >= 11 is 6.01. The molecule has 1 aromatic rings. The second-order valence-electron chi connectivity index (χ2n) is 3.25. The fraction of sp³-hybridized carbons (Fsp3) is 0.364. The molecule has 0 fully saturated rings. The van der Waals surface area contributed by atoms with Crippen LogP contribution in [-0.4, -0.2) is 12.6 Å². The van der Waals surface area contributed by atoms with Gasteiger partial charge in [-0.2, -0.15) is 0 Å². The van der Waals surface area contributed by atoms with Gasteiger partial charge in [-0.15, -0.1) is 0 Å². The topological polar surface area (TPSA) is 41.1 Å². The normalized spacial score (nSPS) is 11.9. The SMILES string of the molecule is CCNC(=O)NC(C)c1ccccc1Cl. The molecule has 0 heterocycles. The summed E-state index contributed by atoms with van der Waals surface area (Å²) in [6.45, 7) is 4.39. The second-order valence-corrected chi connectivity index (χ2v) is 3.65. The summed E-state index contributed by atoms with van der Waals surface area (Å²) in [5.74, 6) is 0. The van der Waals surface area contributed by atoms with Gasteiger partial charge >= 0.3 is 6.03 Å². The number of rotatable bonds is 3. The smallest absolute Gasteiger partial charge is 0.315 e. The Bertz CT molecular complexity index is 341. The maximum absolute atomic E-state index is 11.3.